The topological polar surface area (TPSA) is 0 Å². The maximum absolute atomic E-state index is 4.93. The minimum absolute atomic E-state index is 0. The molecule has 2 aliphatic heterocycles. The Bertz CT molecular complexity index is 2710. The van der Waals surface area contributed by atoms with E-state index in [4.69, 9.17) is 17.0 Å². The van der Waals surface area contributed by atoms with E-state index in [9.17, 15) is 0 Å². The van der Waals surface area contributed by atoms with Crippen molar-refractivity contribution in [3.8, 4) is 22.3 Å². The fourth-order valence-electron chi connectivity index (χ4n) is 14.6. The van der Waals surface area contributed by atoms with Crippen molar-refractivity contribution >= 4 is 103 Å². The maximum atomic E-state index is 4.93. The van der Waals surface area contributed by atoms with Crippen molar-refractivity contribution in [1.82, 2.24) is 0 Å². The summed E-state index contributed by atoms with van der Waals surface area (Å²) < 4.78 is 0. The number of benzene rings is 4. The van der Waals surface area contributed by atoms with Gasteiger partial charge in [0.1, 0.15) is 0 Å². The van der Waals surface area contributed by atoms with Gasteiger partial charge in [-0.05, 0) is 139 Å². The summed E-state index contributed by atoms with van der Waals surface area (Å²) in [6.07, 6.45) is 7.75. The number of hydrogen-bond donors (Lipinski definition) is 0. The van der Waals surface area contributed by atoms with Gasteiger partial charge < -0.3 is 14.9 Å². The van der Waals surface area contributed by atoms with Gasteiger partial charge in [-0.2, -0.15) is 0 Å². The van der Waals surface area contributed by atoms with Crippen molar-refractivity contribution in [1.29, 1.82) is 0 Å². The van der Waals surface area contributed by atoms with Gasteiger partial charge in [0.25, 0.3) is 0 Å². The van der Waals surface area contributed by atoms with Crippen LogP contribution in [-0.4, -0.2) is 26.6 Å². The SMILES string of the molecule is CC1=Cc2c(-c3ccccc3)csc2C1[Si](C)(C)C1C(C)=Cc2c(-c3ccccc3)csc21.CC1CC2C(c3ccccc3)=CSC2C1[Si](C)(C)C1C(C)CC2C(c3ccccc3)=CSC21.[CH3-].[CH3-].[Cl][Zr+2][Cl]. The quantitative estimate of drug-likeness (QED) is 0.110. The molecule has 10 unspecified atom stereocenters. The Hall–Kier alpha value is -2.16. The summed E-state index contributed by atoms with van der Waals surface area (Å²) in [5.74, 6) is 3.21. The first-order valence-corrected chi connectivity index (χ1v) is 41.1. The van der Waals surface area contributed by atoms with Gasteiger partial charge in [-0.25, -0.2) is 0 Å². The second-order valence-electron chi connectivity index (χ2n) is 21.7. The van der Waals surface area contributed by atoms with E-state index < -0.39 is 37.0 Å². The molecule has 368 valence electrons. The summed E-state index contributed by atoms with van der Waals surface area (Å²) in [7, 11) is 6.61. The Kier molecular flexibility index (Phi) is 17.8. The molecule has 0 radical (unpaired) electrons. The van der Waals surface area contributed by atoms with Crippen molar-refractivity contribution in [2.75, 3.05) is 0 Å². The Balaban J connectivity index is 0.000000176. The molecule has 10 atom stereocenters. The van der Waals surface area contributed by atoms with Crippen LogP contribution in [0.25, 0.3) is 45.6 Å². The zero-order valence-corrected chi connectivity index (χ0v) is 52.3. The van der Waals surface area contributed by atoms with E-state index in [2.05, 4.69) is 232 Å². The number of hydrogen-bond acceptors (Lipinski definition) is 4. The number of allylic oxidation sites excluding steroid dienone is 4. The van der Waals surface area contributed by atoms with E-state index in [1.807, 2.05) is 22.7 Å². The molecular formula is C62H70Cl2S4Si2Zr. The predicted octanol–water partition coefficient (Wildman–Crippen LogP) is 21.0. The molecule has 2 aromatic heterocycles. The van der Waals surface area contributed by atoms with Gasteiger partial charge in [0, 0.05) is 31.3 Å². The minimum atomic E-state index is -1.76. The molecule has 6 aromatic rings. The Morgan fingerprint density at radius 3 is 1.15 bits per heavy atom. The molecule has 12 rings (SSSR count). The third-order valence-corrected chi connectivity index (χ3v) is 32.4. The molecule has 9 heteroatoms. The van der Waals surface area contributed by atoms with Gasteiger partial charge in [-0.15, -0.1) is 46.2 Å². The van der Waals surface area contributed by atoms with Gasteiger partial charge in [0.05, 0.1) is 16.1 Å². The summed E-state index contributed by atoms with van der Waals surface area (Å²) in [4.78, 5) is 3.20. The van der Waals surface area contributed by atoms with Crippen LogP contribution in [0.3, 0.4) is 0 Å². The summed E-state index contributed by atoms with van der Waals surface area (Å²) in [6.45, 7) is 20.8. The average molecular weight is 1160 g/mol. The average Bonchev–Trinajstić information content (AvgIpc) is 4.23. The molecular weight excluding hydrogens is 1090 g/mol. The van der Waals surface area contributed by atoms with Gasteiger partial charge in [-0.3, -0.25) is 0 Å². The van der Waals surface area contributed by atoms with Crippen molar-refractivity contribution in [2.45, 2.75) is 99.4 Å². The van der Waals surface area contributed by atoms with Crippen LogP contribution in [0.1, 0.15) is 83.6 Å². The van der Waals surface area contributed by atoms with Crippen LogP contribution >= 0.6 is 63.2 Å². The van der Waals surface area contributed by atoms with Gasteiger partial charge >= 0.3 is 37.9 Å². The monoisotopic (exact) mass is 1160 g/mol. The molecule has 4 aromatic carbocycles. The zero-order valence-electron chi connectivity index (χ0n) is 43.1. The number of thioether (sulfide) groups is 2. The van der Waals surface area contributed by atoms with E-state index in [1.54, 1.807) is 32.0 Å². The van der Waals surface area contributed by atoms with E-state index in [0.29, 0.717) is 11.1 Å². The van der Waals surface area contributed by atoms with Crippen LogP contribution in [-0.2, 0) is 20.8 Å². The Labute approximate surface area is 465 Å². The predicted molar refractivity (Wildman–Crippen MR) is 325 cm³/mol. The molecule has 2 saturated carbocycles. The summed E-state index contributed by atoms with van der Waals surface area (Å²) in [6, 6.07) is 44.2. The standard InChI is InChI=1S/C30H36S2Si.C30H28S2Si.2CH3.2ClH.Zr/c2*1-19-15-23-25(21-11-7-5-8-12-21)17-31-27(23)29(19)33(3,4)30-20(2)16-24-26(18-32-28(24)30)22-13-9-6-10-14-22;;;;;/h5-14,17-20,23-24,27-30H,15-16H2,1-4H3;5-18,29-30H,1-4H3;2*1H3;2*1H;/q;;2*-1;;;+4/p-2. The third-order valence-electron chi connectivity index (χ3n) is 17.0. The molecule has 2 fully saturated rings. The molecule has 4 aliphatic carbocycles. The Morgan fingerprint density at radius 1 is 0.493 bits per heavy atom. The first-order valence-electron chi connectivity index (χ1n) is 24.8. The van der Waals surface area contributed by atoms with Crippen LogP contribution < -0.4 is 0 Å². The first-order chi connectivity index (χ1) is 33.3. The van der Waals surface area contributed by atoms with Crippen LogP contribution in [0.15, 0.2) is 154 Å². The van der Waals surface area contributed by atoms with Crippen LogP contribution in [0.4, 0.5) is 0 Å². The fourth-order valence-corrected chi connectivity index (χ4v) is 34.9. The van der Waals surface area contributed by atoms with Crippen molar-refractivity contribution in [3.63, 3.8) is 0 Å². The van der Waals surface area contributed by atoms with E-state index in [-0.39, 0.29) is 14.9 Å². The number of halogens is 2. The number of thiophene rings is 2. The first kappa shape index (κ1) is 55.1. The van der Waals surface area contributed by atoms with Crippen molar-refractivity contribution in [3.05, 3.63) is 201 Å². The molecule has 0 saturated heterocycles. The molecule has 0 nitrogen and oxygen atoms in total. The van der Waals surface area contributed by atoms with Gasteiger partial charge in [0.15, 0.2) is 0 Å². The zero-order chi connectivity index (χ0) is 48.2. The van der Waals surface area contributed by atoms with E-state index in [0.717, 1.165) is 45.3 Å². The van der Waals surface area contributed by atoms with Crippen molar-refractivity contribution < 1.29 is 20.8 Å². The fraction of sp³-hybridized carbons (Fsp3) is 0.323. The van der Waals surface area contributed by atoms with Crippen LogP contribution in [0, 0.1) is 38.5 Å². The normalized spacial score (nSPS) is 26.6. The molecule has 4 heterocycles. The van der Waals surface area contributed by atoms with Gasteiger partial charge in [-0.1, -0.05) is 185 Å². The van der Waals surface area contributed by atoms with Crippen molar-refractivity contribution in [2.24, 2.45) is 23.7 Å². The second-order valence-corrected chi connectivity index (χ2v) is 39.1. The summed E-state index contributed by atoms with van der Waals surface area (Å²) in [5.41, 5.74) is 20.7. The Morgan fingerprint density at radius 2 is 0.817 bits per heavy atom. The summed E-state index contributed by atoms with van der Waals surface area (Å²) in [5, 5.41) is 11.5. The van der Waals surface area contributed by atoms with Crippen LogP contribution in [0.2, 0.25) is 37.3 Å². The molecule has 0 amide bonds. The number of fused-ring (bicyclic) bond motifs is 4. The summed E-state index contributed by atoms with van der Waals surface area (Å²) >= 11 is 7.52. The van der Waals surface area contributed by atoms with Gasteiger partial charge in [0.2, 0.25) is 0 Å². The van der Waals surface area contributed by atoms with Crippen LogP contribution in [0.5, 0.6) is 0 Å². The third kappa shape index (κ3) is 10.2. The van der Waals surface area contributed by atoms with E-state index >= 15 is 0 Å². The molecule has 6 aliphatic rings. The molecule has 71 heavy (non-hydrogen) atoms. The molecule has 0 spiro atoms. The molecule has 0 bridgehead atoms. The van der Waals surface area contributed by atoms with E-state index in [1.165, 1.54) is 57.3 Å². The second kappa shape index (κ2) is 23.0. The number of rotatable bonds is 8. The molecule has 0 N–H and O–H groups in total.